The van der Waals surface area contributed by atoms with Crippen molar-refractivity contribution in [3.05, 3.63) is 36.2 Å². The summed E-state index contributed by atoms with van der Waals surface area (Å²) in [6.07, 6.45) is 1.99. The number of thioether (sulfide) groups is 2. The van der Waals surface area contributed by atoms with Crippen LogP contribution in [0.2, 0.25) is 0 Å². The Hall–Kier alpha value is -1.38. The predicted octanol–water partition coefficient (Wildman–Crippen LogP) is 3.60. The van der Waals surface area contributed by atoms with Gasteiger partial charge in [0.05, 0.1) is 5.75 Å². The first-order valence-corrected chi connectivity index (χ1v) is 8.76. The van der Waals surface area contributed by atoms with Crippen molar-refractivity contribution in [1.29, 1.82) is 0 Å². The number of aromatic nitrogens is 4. The molecule has 0 spiro atoms. The average Bonchev–Trinajstić information content (AvgIpc) is 3.15. The standard InChI is InChI=1S/C12H10N4OS3/c1-18-11-14-15-12(20-11)19-7-9-13-10(16-17-9)8-5-3-2-4-6-8/h2-6H,7H2,1H3. The lowest BCUT2D eigenvalue weighted by atomic mass is 10.2. The summed E-state index contributed by atoms with van der Waals surface area (Å²) < 4.78 is 7.12. The summed E-state index contributed by atoms with van der Waals surface area (Å²) in [5.74, 6) is 1.81. The molecule has 0 aliphatic rings. The van der Waals surface area contributed by atoms with Crippen LogP contribution in [0.5, 0.6) is 0 Å². The molecular weight excluding hydrogens is 312 g/mol. The molecule has 0 amide bonds. The first-order chi connectivity index (χ1) is 9.85. The van der Waals surface area contributed by atoms with Crippen LogP contribution >= 0.6 is 34.9 Å². The number of hydrogen-bond acceptors (Lipinski definition) is 8. The second-order valence-electron chi connectivity index (χ2n) is 3.70. The van der Waals surface area contributed by atoms with Gasteiger partial charge in [-0.15, -0.1) is 10.2 Å². The van der Waals surface area contributed by atoms with Gasteiger partial charge in [0.15, 0.2) is 8.68 Å². The van der Waals surface area contributed by atoms with Crippen molar-refractivity contribution in [2.75, 3.05) is 6.26 Å². The predicted molar refractivity (Wildman–Crippen MR) is 81.0 cm³/mol. The molecule has 0 unspecified atom stereocenters. The van der Waals surface area contributed by atoms with E-state index in [9.17, 15) is 0 Å². The number of nitrogens with zero attached hydrogens (tertiary/aromatic N) is 4. The van der Waals surface area contributed by atoms with Crippen LogP contribution in [0.15, 0.2) is 43.5 Å². The van der Waals surface area contributed by atoms with Gasteiger partial charge in [-0.05, 0) is 6.26 Å². The Morgan fingerprint density at radius 3 is 2.70 bits per heavy atom. The van der Waals surface area contributed by atoms with Crippen LogP contribution in [0.25, 0.3) is 11.4 Å². The number of benzene rings is 1. The fourth-order valence-electron chi connectivity index (χ4n) is 1.48. The van der Waals surface area contributed by atoms with Gasteiger partial charge in [0.2, 0.25) is 11.7 Å². The van der Waals surface area contributed by atoms with Crippen LogP contribution in [-0.4, -0.2) is 26.6 Å². The highest BCUT2D eigenvalue weighted by atomic mass is 32.2. The summed E-state index contributed by atoms with van der Waals surface area (Å²) in [6, 6.07) is 9.77. The molecule has 0 saturated carbocycles. The number of hydrogen-bond donors (Lipinski definition) is 0. The fourth-order valence-corrected chi connectivity index (χ4v) is 3.76. The maximum atomic E-state index is 5.24. The molecule has 0 aliphatic heterocycles. The minimum Gasteiger partial charge on any atom is -0.338 e. The summed E-state index contributed by atoms with van der Waals surface area (Å²) in [5, 5.41) is 12.1. The third kappa shape index (κ3) is 3.20. The molecule has 0 saturated heterocycles. The van der Waals surface area contributed by atoms with E-state index in [1.165, 1.54) is 0 Å². The first-order valence-electron chi connectivity index (χ1n) is 5.73. The molecule has 2 aromatic heterocycles. The van der Waals surface area contributed by atoms with Crippen LogP contribution in [-0.2, 0) is 5.75 Å². The smallest absolute Gasteiger partial charge is 0.237 e. The van der Waals surface area contributed by atoms with Crippen LogP contribution < -0.4 is 0 Å². The molecule has 0 bridgehead atoms. The monoisotopic (exact) mass is 322 g/mol. The van der Waals surface area contributed by atoms with E-state index in [-0.39, 0.29) is 0 Å². The molecule has 0 atom stereocenters. The summed E-state index contributed by atoms with van der Waals surface area (Å²) in [4.78, 5) is 4.38. The van der Waals surface area contributed by atoms with Crippen molar-refractivity contribution in [3.8, 4) is 11.4 Å². The van der Waals surface area contributed by atoms with E-state index in [0.29, 0.717) is 17.5 Å². The highest BCUT2D eigenvalue weighted by Gasteiger charge is 2.10. The van der Waals surface area contributed by atoms with Crippen molar-refractivity contribution >= 4 is 34.9 Å². The largest absolute Gasteiger partial charge is 0.338 e. The van der Waals surface area contributed by atoms with E-state index in [1.807, 2.05) is 36.6 Å². The van der Waals surface area contributed by atoms with Crippen LogP contribution in [0, 0.1) is 0 Å². The first kappa shape index (κ1) is 13.6. The maximum absolute atomic E-state index is 5.24. The van der Waals surface area contributed by atoms with Gasteiger partial charge in [-0.2, -0.15) is 4.98 Å². The third-order valence-corrected chi connectivity index (χ3v) is 5.40. The molecule has 102 valence electrons. The fraction of sp³-hybridized carbons (Fsp3) is 0.167. The minimum atomic E-state index is 0.592. The molecule has 8 heteroatoms. The number of rotatable bonds is 5. The van der Waals surface area contributed by atoms with Crippen molar-refractivity contribution in [2.45, 2.75) is 14.4 Å². The molecule has 1 aromatic carbocycles. The lowest BCUT2D eigenvalue weighted by molar-refractivity contribution is 0.391. The zero-order chi connectivity index (χ0) is 13.8. The van der Waals surface area contributed by atoms with E-state index in [0.717, 1.165) is 14.2 Å². The van der Waals surface area contributed by atoms with Gasteiger partial charge in [-0.25, -0.2) is 0 Å². The Balaban J connectivity index is 1.65. The van der Waals surface area contributed by atoms with Gasteiger partial charge >= 0.3 is 0 Å². The van der Waals surface area contributed by atoms with Crippen LogP contribution in [0.3, 0.4) is 0 Å². The molecule has 0 radical (unpaired) electrons. The average molecular weight is 322 g/mol. The van der Waals surface area contributed by atoms with Gasteiger partial charge in [-0.3, -0.25) is 0 Å². The molecule has 0 aliphatic carbocycles. The van der Waals surface area contributed by atoms with Gasteiger partial charge in [0, 0.05) is 5.56 Å². The van der Waals surface area contributed by atoms with E-state index >= 15 is 0 Å². The van der Waals surface area contributed by atoms with Crippen LogP contribution in [0.4, 0.5) is 0 Å². The SMILES string of the molecule is CSc1nnc(SCc2nc(-c3ccccc3)no2)s1. The second kappa shape index (κ2) is 6.38. The van der Waals surface area contributed by atoms with Crippen molar-refractivity contribution in [3.63, 3.8) is 0 Å². The van der Waals surface area contributed by atoms with Crippen molar-refractivity contribution in [2.24, 2.45) is 0 Å². The Labute approximate surface area is 128 Å². The van der Waals surface area contributed by atoms with E-state index < -0.39 is 0 Å². The van der Waals surface area contributed by atoms with Crippen LogP contribution in [0.1, 0.15) is 5.89 Å². The lowest BCUT2D eigenvalue weighted by Crippen LogP contribution is -1.82. The normalized spacial score (nSPS) is 10.8. The summed E-state index contributed by atoms with van der Waals surface area (Å²) in [7, 11) is 0. The topological polar surface area (TPSA) is 64.7 Å². The Morgan fingerprint density at radius 1 is 1.15 bits per heavy atom. The maximum Gasteiger partial charge on any atom is 0.237 e. The minimum absolute atomic E-state index is 0.592. The van der Waals surface area contributed by atoms with E-state index in [4.69, 9.17) is 4.52 Å². The van der Waals surface area contributed by atoms with E-state index in [1.54, 1.807) is 34.9 Å². The Bertz CT molecular complexity index is 683. The van der Waals surface area contributed by atoms with Crippen molar-refractivity contribution in [1.82, 2.24) is 20.3 Å². The third-order valence-electron chi connectivity index (χ3n) is 2.38. The molecule has 20 heavy (non-hydrogen) atoms. The summed E-state index contributed by atoms with van der Waals surface area (Å²) >= 11 is 4.72. The van der Waals surface area contributed by atoms with Gasteiger partial charge in [0.25, 0.3) is 0 Å². The summed E-state index contributed by atoms with van der Waals surface area (Å²) in [6.45, 7) is 0. The van der Waals surface area contributed by atoms with Gasteiger partial charge < -0.3 is 4.52 Å². The van der Waals surface area contributed by atoms with Gasteiger partial charge in [0.1, 0.15) is 0 Å². The quantitative estimate of drug-likeness (QED) is 0.665. The highest BCUT2D eigenvalue weighted by Crippen LogP contribution is 2.29. The second-order valence-corrected chi connectivity index (χ2v) is 6.96. The molecule has 0 N–H and O–H groups in total. The molecule has 3 rings (SSSR count). The molecule has 2 heterocycles. The molecular formula is C12H10N4OS3. The highest BCUT2D eigenvalue weighted by molar-refractivity contribution is 8.02. The van der Waals surface area contributed by atoms with Gasteiger partial charge in [-0.1, -0.05) is 70.3 Å². The van der Waals surface area contributed by atoms with Crippen molar-refractivity contribution < 1.29 is 4.52 Å². The summed E-state index contributed by atoms with van der Waals surface area (Å²) in [5.41, 5.74) is 0.952. The van der Waals surface area contributed by atoms with E-state index in [2.05, 4.69) is 20.3 Å². The Kier molecular flexibility index (Phi) is 4.34. The lowest BCUT2D eigenvalue weighted by Gasteiger charge is -1.91. The zero-order valence-corrected chi connectivity index (χ0v) is 13.0. The molecule has 0 fully saturated rings. The molecule has 3 aromatic rings. The Morgan fingerprint density at radius 2 is 1.95 bits per heavy atom. The molecule has 5 nitrogen and oxygen atoms in total. The zero-order valence-electron chi connectivity index (χ0n) is 10.5.